The van der Waals surface area contributed by atoms with Crippen molar-refractivity contribution in [3.63, 3.8) is 0 Å². The van der Waals surface area contributed by atoms with Crippen molar-refractivity contribution >= 4 is 5.69 Å². The quantitative estimate of drug-likeness (QED) is 0.657. The molecule has 0 atom stereocenters. The molecule has 0 radical (unpaired) electrons. The highest BCUT2D eigenvalue weighted by atomic mass is 16.6. The van der Waals surface area contributed by atoms with Crippen LogP contribution in [0.5, 0.6) is 5.75 Å². The van der Waals surface area contributed by atoms with Gasteiger partial charge in [-0.2, -0.15) is 0 Å². The Labute approximate surface area is 118 Å². The van der Waals surface area contributed by atoms with Gasteiger partial charge in [-0.15, -0.1) is 0 Å². The monoisotopic (exact) mass is 279 g/mol. The van der Waals surface area contributed by atoms with Gasteiger partial charge in [-0.1, -0.05) is 6.07 Å². The summed E-state index contributed by atoms with van der Waals surface area (Å²) in [6, 6.07) is 5.60. The summed E-state index contributed by atoms with van der Waals surface area (Å²) >= 11 is 0. The lowest BCUT2D eigenvalue weighted by Gasteiger charge is -2.29. The Bertz CT molecular complexity index is 471. The number of rotatable bonds is 5. The molecule has 1 fully saturated rings. The molecule has 0 unspecified atom stereocenters. The molecule has 0 amide bonds. The molecule has 0 aliphatic carbocycles. The van der Waals surface area contributed by atoms with Gasteiger partial charge >= 0.3 is 5.69 Å². The van der Waals surface area contributed by atoms with Gasteiger partial charge < -0.3 is 15.0 Å². The fourth-order valence-electron chi connectivity index (χ4n) is 2.46. The highest BCUT2D eigenvalue weighted by Crippen LogP contribution is 2.27. The molecule has 2 rings (SSSR count). The molecule has 0 saturated carbocycles. The predicted molar refractivity (Wildman–Crippen MR) is 77.0 cm³/mol. The van der Waals surface area contributed by atoms with Crippen LogP contribution in [-0.4, -0.2) is 43.1 Å². The largest absolute Gasteiger partial charge is 0.490 e. The van der Waals surface area contributed by atoms with E-state index >= 15 is 0 Å². The van der Waals surface area contributed by atoms with Gasteiger partial charge in [0, 0.05) is 18.7 Å². The first-order chi connectivity index (χ1) is 9.60. The van der Waals surface area contributed by atoms with Crippen LogP contribution in [0, 0.1) is 10.1 Å². The molecule has 1 aliphatic heterocycles. The normalized spacial score (nSPS) is 17.1. The zero-order valence-electron chi connectivity index (χ0n) is 12.0. The Balaban J connectivity index is 1.96. The number of nitrogens with one attached hydrogen (secondary N) is 1. The lowest BCUT2D eigenvalue weighted by Crippen LogP contribution is -2.40. The zero-order valence-corrected chi connectivity index (χ0v) is 12.0. The molecule has 1 saturated heterocycles. The van der Waals surface area contributed by atoms with E-state index in [-0.39, 0.29) is 5.69 Å². The number of nitro groups is 1. The SMILES string of the molecule is COc1ccc(CNC2CCN(C)CC2)cc1[N+](=O)[O-]. The number of nitrogens with zero attached hydrogens (tertiary/aromatic N) is 2. The van der Waals surface area contributed by atoms with Crippen molar-refractivity contribution in [2.24, 2.45) is 0 Å². The predicted octanol–water partition coefficient (Wildman–Crippen LogP) is 1.79. The van der Waals surface area contributed by atoms with Crippen molar-refractivity contribution in [3.8, 4) is 5.75 Å². The molecule has 1 aromatic rings. The Hall–Kier alpha value is -1.66. The van der Waals surface area contributed by atoms with Crippen molar-refractivity contribution in [1.29, 1.82) is 0 Å². The number of hydrogen-bond acceptors (Lipinski definition) is 5. The van der Waals surface area contributed by atoms with Gasteiger partial charge in [-0.25, -0.2) is 0 Å². The van der Waals surface area contributed by atoms with Gasteiger partial charge in [0.1, 0.15) is 0 Å². The summed E-state index contributed by atoms with van der Waals surface area (Å²) in [4.78, 5) is 12.9. The molecule has 6 nitrogen and oxygen atoms in total. The summed E-state index contributed by atoms with van der Waals surface area (Å²) in [6.07, 6.45) is 2.24. The standard InChI is InChI=1S/C14H21N3O3/c1-16-7-5-12(6-8-16)15-10-11-3-4-14(20-2)13(9-11)17(18)19/h3-4,9,12,15H,5-8,10H2,1-2H3. The molecule has 1 aliphatic rings. The minimum atomic E-state index is -0.405. The minimum absolute atomic E-state index is 0.0233. The lowest BCUT2D eigenvalue weighted by molar-refractivity contribution is -0.385. The Morgan fingerprint density at radius 3 is 2.75 bits per heavy atom. The van der Waals surface area contributed by atoms with Crippen LogP contribution in [0.3, 0.4) is 0 Å². The van der Waals surface area contributed by atoms with Crippen molar-refractivity contribution in [2.45, 2.75) is 25.4 Å². The van der Waals surface area contributed by atoms with Crippen LogP contribution in [-0.2, 0) is 6.54 Å². The Morgan fingerprint density at radius 2 is 2.15 bits per heavy atom. The third kappa shape index (κ3) is 3.68. The second kappa shape index (κ2) is 6.67. The van der Waals surface area contributed by atoms with Crippen molar-refractivity contribution in [2.75, 3.05) is 27.2 Å². The number of likely N-dealkylation sites (tertiary alicyclic amines) is 1. The van der Waals surface area contributed by atoms with E-state index in [2.05, 4.69) is 17.3 Å². The van der Waals surface area contributed by atoms with Crippen molar-refractivity contribution in [3.05, 3.63) is 33.9 Å². The molecular formula is C14H21N3O3. The van der Waals surface area contributed by atoms with E-state index in [1.165, 1.54) is 7.11 Å². The van der Waals surface area contributed by atoms with Crippen LogP contribution in [0.4, 0.5) is 5.69 Å². The Morgan fingerprint density at radius 1 is 1.45 bits per heavy atom. The number of piperidine rings is 1. The second-order valence-corrected chi connectivity index (χ2v) is 5.22. The fraction of sp³-hybridized carbons (Fsp3) is 0.571. The number of methoxy groups -OCH3 is 1. The maximum Gasteiger partial charge on any atom is 0.311 e. The molecule has 1 aromatic carbocycles. The van der Waals surface area contributed by atoms with E-state index in [1.807, 2.05) is 6.07 Å². The van der Waals surface area contributed by atoms with E-state index in [4.69, 9.17) is 4.74 Å². The highest BCUT2D eigenvalue weighted by Gasteiger charge is 2.18. The van der Waals surface area contributed by atoms with Crippen molar-refractivity contribution < 1.29 is 9.66 Å². The fourth-order valence-corrected chi connectivity index (χ4v) is 2.46. The summed E-state index contributed by atoms with van der Waals surface area (Å²) in [5.74, 6) is 0.304. The number of hydrogen-bond donors (Lipinski definition) is 1. The third-order valence-electron chi connectivity index (χ3n) is 3.75. The average Bonchev–Trinajstić information content (AvgIpc) is 2.46. The highest BCUT2D eigenvalue weighted by molar-refractivity contribution is 5.48. The van der Waals surface area contributed by atoms with Gasteiger partial charge in [0.2, 0.25) is 0 Å². The molecule has 6 heteroatoms. The van der Waals surface area contributed by atoms with Gasteiger partial charge in [-0.05, 0) is 44.6 Å². The summed E-state index contributed by atoms with van der Waals surface area (Å²) in [5.41, 5.74) is 0.937. The van der Waals surface area contributed by atoms with E-state index in [9.17, 15) is 10.1 Å². The lowest BCUT2D eigenvalue weighted by atomic mass is 10.0. The number of ether oxygens (including phenoxy) is 1. The maximum atomic E-state index is 11.0. The van der Waals surface area contributed by atoms with Gasteiger partial charge in [0.05, 0.1) is 12.0 Å². The molecule has 0 bridgehead atoms. The smallest absolute Gasteiger partial charge is 0.311 e. The van der Waals surface area contributed by atoms with Crippen LogP contribution in [0.2, 0.25) is 0 Å². The summed E-state index contributed by atoms with van der Waals surface area (Å²) in [5, 5.41) is 14.4. The molecule has 1 heterocycles. The van der Waals surface area contributed by atoms with E-state index in [0.717, 1.165) is 31.5 Å². The van der Waals surface area contributed by atoms with Gasteiger partial charge in [0.15, 0.2) is 5.75 Å². The first-order valence-corrected chi connectivity index (χ1v) is 6.83. The van der Waals surface area contributed by atoms with Crippen LogP contribution < -0.4 is 10.1 Å². The van der Waals surface area contributed by atoms with E-state index in [0.29, 0.717) is 18.3 Å². The van der Waals surface area contributed by atoms with Gasteiger partial charge in [0.25, 0.3) is 0 Å². The second-order valence-electron chi connectivity index (χ2n) is 5.22. The molecule has 0 aromatic heterocycles. The maximum absolute atomic E-state index is 11.0. The first-order valence-electron chi connectivity index (χ1n) is 6.83. The Kier molecular flexibility index (Phi) is 4.92. The van der Waals surface area contributed by atoms with E-state index in [1.54, 1.807) is 12.1 Å². The van der Waals surface area contributed by atoms with Gasteiger partial charge in [-0.3, -0.25) is 10.1 Å². The van der Waals surface area contributed by atoms with Crippen LogP contribution in [0.15, 0.2) is 18.2 Å². The van der Waals surface area contributed by atoms with Crippen LogP contribution in [0.25, 0.3) is 0 Å². The van der Waals surface area contributed by atoms with Crippen LogP contribution >= 0.6 is 0 Å². The van der Waals surface area contributed by atoms with E-state index < -0.39 is 4.92 Å². The number of benzene rings is 1. The topological polar surface area (TPSA) is 67.6 Å². The van der Waals surface area contributed by atoms with Crippen molar-refractivity contribution in [1.82, 2.24) is 10.2 Å². The molecule has 0 spiro atoms. The first kappa shape index (κ1) is 14.7. The molecule has 20 heavy (non-hydrogen) atoms. The number of nitro benzene ring substituents is 1. The van der Waals surface area contributed by atoms with Crippen LogP contribution in [0.1, 0.15) is 18.4 Å². The summed E-state index contributed by atoms with van der Waals surface area (Å²) < 4.78 is 5.00. The average molecular weight is 279 g/mol. The molecule has 1 N–H and O–H groups in total. The zero-order chi connectivity index (χ0) is 14.5. The third-order valence-corrected chi connectivity index (χ3v) is 3.75. The molecular weight excluding hydrogens is 258 g/mol. The summed E-state index contributed by atoms with van der Waals surface area (Å²) in [7, 11) is 3.57. The summed E-state index contributed by atoms with van der Waals surface area (Å²) in [6.45, 7) is 2.85. The molecule has 110 valence electrons. The minimum Gasteiger partial charge on any atom is -0.490 e.